The molecule has 10 heteroatoms. The van der Waals surface area contributed by atoms with Crippen molar-refractivity contribution in [1.82, 2.24) is 19.5 Å². The number of pyridine rings is 2. The van der Waals surface area contributed by atoms with Crippen molar-refractivity contribution in [3.63, 3.8) is 0 Å². The lowest BCUT2D eigenvalue weighted by atomic mass is 10.0. The van der Waals surface area contributed by atoms with Gasteiger partial charge in [-0.15, -0.1) is 0 Å². The standard InChI is InChI=1S/C25H16F4N4O2/c1-3-35-25(34)16-8-13(15-4-6-31-24(29)22(15)28)9-20-23(16)32-12(2)33(20)19-5-7-30-18-11-14(26)10-17(27)21(18)19/h4-11H,3H2,1-2H3. The number of aromatic nitrogens is 4. The molecule has 0 amide bonds. The first-order valence-corrected chi connectivity index (χ1v) is 10.5. The zero-order valence-corrected chi connectivity index (χ0v) is 18.4. The predicted octanol–water partition coefficient (Wildman–Crippen LogP) is 5.68. The van der Waals surface area contributed by atoms with E-state index in [1.165, 1.54) is 30.5 Å². The van der Waals surface area contributed by atoms with E-state index in [0.717, 1.165) is 18.3 Å². The quantitative estimate of drug-likeness (QED) is 0.188. The van der Waals surface area contributed by atoms with Crippen molar-refractivity contribution in [2.75, 3.05) is 6.61 Å². The van der Waals surface area contributed by atoms with Gasteiger partial charge in [-0.05, 0) is 43.7 Å². The highest BCUT2D eigenvalue weighted by molar-refractivity contribution is 6.05. The molecule has 6 nitrogen and oxygen atoms in total. The van der Waals surface area contributed by atoms with E-state index in [4.69, 9.17) is 4.74 Å². The Labute approximate surface area is 195 Å². The Morgan fingerprint density at radius 1 is 1.03 bits per heavy atom. The molecule has 0 bridgehead atoms. The van der Waals surface area contributed by atoms with Crippen molar-refractivity contribution in [2.24, 2.45) is 0 Å². The van der Waals surface area contributed by atoms with Crippen molar-refractivity contribution < 1.29 is 27.1 Å². The lowest BCUT2D eigenvalue weighted by molar-refractivity contribution is 0.0528. The molecule has 0 saturated heterocycles. The van der Waals surface area contributed by atoms with Gasteiger partial charge >= 0.3 is 5.97 Å². The molecule has 0 fully saturated rings. The number of hydrogen-bond donors (Lipinski definition) is 0. The van der Waals surface area contributed by atoms with Crippen LogP contribution in [-0.2, 0) is 4.74 Å². The summed E-state index contributed by atoms with van der Waals surface area (Å²) in [4.78, 5) is 24.6. The third-order valence-corrected chi connectivity index (χ3v) is 5.56. The normalized spacial score (nSPS) is 11.4. The molecule has 35 heavy (non-hydrogen) atoms. The average molecular weight is 480 g/mol. The minimum absolute atomic E-state index is 0.0164. The van der Waals surface area contributed by atoms with Crippen molar-refractivity contribution in [3.05, 3.63) is 83.6 Å². The first-order valence-electron chi connectivity index (χ1n) is 10.5. The topological polar surface area (TPSA) is 69.9 Å². The third-order valence-electron chi connectivity index (χ3n) is 5.56. The maximum Gasteiger partial charge on any atom is 0.340 e. The number of aryl methyl sites for hydroxylation is 1. The molecule has 0 aliphatic rings. The summed E-state index contributed by atoms with van der Waals surface area (Å²) in [5, 5.41) is 0.0283. The van der Waals surface area contributed by atoms with Gasteiger partial charge in [0.15, 0.2) is 5.82 Å². The van der Waals surface area contributed by atoms with Crippen molar-refractivity contribution >= 4 is 27.9 Å². The summed E-state index contributed by atoms with van der Waals surface area (Å²) in [6.07, 6.45) is 2.49. The first-order chi connectivity index (χ1) is 16.8. The van der Waals surface area contributed by atoms with E-state index in [1.54, 1.807) is 18.4 Å². The Balaban J connectivity index is 1.89. The molecule has 0 atom stereocenters. The van der Waals surface area contributed by atoms with E-state index in [-0.39, 0.29) is 45.4 Å². The van der Waals surface area contributed by atoms with Crippen LogP contribution in [0.4, 0.5) is 17.6 Å². The van der Waals surface area contributed by atoms with Crippen LogP contribution in [0.1, 0.15) is 23.1 Å². The van der Waals surface area contributed by atoms with Gasteiger partial charge in [-0.3, -0.25) is 9.55 Å². The Morgan fingerprint density at radius 3 is 2.57 bits per heavy atom. The van der Waals surface area contributed by atoms with Crippen LogP contribution < -0.4 is 0 Å². The summed E-state index contributed by atoms with van der Waals surface area (Å²) in [7, 11) is 0. The van der Waals surface area contributed by atoms with E-state index in [0.29, 0.717) is 11.3 Å². The number of carbonyl (C=O) groups is 1. The largest absolute Gasteiger partial charge is 0.462 e. The number of imidazole rings is 1. The van der Waals surface area contributed by atoms with E-state index in [9.17, 15) is 22.4 Å². The fourth-order valence-corrected chi connectivity index (χ4v) is 4.13. The van der Waals surface area contributed by atoms with Gasteiger partial charge in [-0.2, -0.15) is 4.39 Å². The van der Waals surface area contributed by atoms with Crippen LogP contribution in [0, 0.1) is 30.3 Å². The molecular weight excluding hydrogens is 464 g/mol. The number of carbonyl (C=O) groups excluding carboxylic acids is 1. The number of benzene rings is 2. The molecular formula is C25H16F4N4O2. The highest BCUT2D eigenvalue weighted by Crippen LogP contribution is 2.34. The Morgan fingerprint density at radius 2 is 1.80 bits per heavy atom. The van der Waals surface area contributed by atoms with Gasteiger partial charge in [0.25, 0.3) is 0 Å². The van der Waals surface area contributed by atoms with Gasteiger partial charge in [-0.25, -0.2) is 27.9 Å². The van der Waals surface area contributed by atoms with Gasteiger partial charge in [0.2, 0.25) is 5.95 Å². The molecule has 0 unspecified atom stereocenters. The maximum atomic E-state index is 14.9. The molecule has 0 spiro atoms. The second-order valence-electron chi connectivity index (χ2n) is 7.68. The zero-order chi connectivity index (χ0) is 24.9. The second-order valence-corrected chi connectivity index (χ2v) is 7.68. The number of nitrogens with zero attached hydrogens (tertiary/aromatic N) is 4. The van der Waals surface area contributed by atoms with Crippen LogP contribution in [0.5, 0.6) is 0 Å². The Bertz CT molecular complexity index is 1650. The minimum atomic E-state index is -1.30. The van der Waals surface area contributed by atoms with Crippen molar-refractivity contribution in [2.45, 2.75) is 13.8 Å². The number of ether oxygens (including phenoxy) is 1. The van der Waals surface area contributed by atoms with Gasteiger partial charge < -0.3 is 4.74 Å². The molecule has 0 radical (unpaired) electrons. The van der Waals surface area contributed by atoms with Gasteiger partial charge in [0, 0.05) is 30.1 Å². The molecule has 2 aromatic carbocycles. The van der Waals surface area contributed by atoms with E-state index < -0.39 is 29.4 Å². The SMILES string of the molecule is CCOC(=O)c1cc(-c2ccnc(F)c2F)cc2c1nc(C)n2-c1ccnc2cc(F)cc(F)c12. The van der Waals surface area contributed by atoms with Crippen LogP contribution in [0.15, 0.2) is 48.8 Å². The average Bonchev–Trinajstić information content (AvgIpc) is 3.15. The van der Waals surface area contributed by atoms with Crippen LogP contribution in [0.2, 0.25) is 0 Å². The van der Waals surface area contributed by atoms with Crippen LogP contribution in [0.25, 0.3) is 38.8 Å². The molecule has 0 aliphatic heterocycles. The van der Waals surface area contributed by atoms with Gasteiger partial charge in [0.05, 0.1) is 34.3 Å². The number of rotatable bonds is 4. The van der Waals surface area contributed by atoms with Gasteiger partial charge in [0.1, 0.15) is 23.0 Å². The fraction of sp³-hybridized carbons (Fsp3) is 0.120. The second kappa shape index (κ2) is 8.46. The van der Waals surface area contributed by atoms with E-state index >= 15 is 0 Å². The van der Waals surface area contributed by atoms with Crippen molar-refractivity contribution in [3.8, 4) is 16.8 Å². The summed E-state index contributed by atoms with van der Waals surface area (Å²) < 4.78 is 63.9. The molecule has 0 aliphatic carbocycles. The molecule has 0 N–H and O–H groups in total. The number of halogens is 4. The summed E-state index contributed by atoms with van der Waals surface area (Å²) >= 11 is 0. The van der Waals surface area contributed by atoms with Crippen LogP contribution >= 0.6 is 0 Å². The lowest BCUT2D eigenvalue weighted by Gasteiger charge is -2.13. The molecule has 5 aromatic rings. The highest BCUT2D eigenvalue weighted by atomic mass is 19.2. The van der Waals surface area contributed by atoms with Crippen molar-refractivity contribution in [1.29, 1.82) is 0 Å². The smallest absolute Gasteiger partial charge is 0.340 e. The molecule has 5 rings (SSSR count). The summed E-state index contributed by atoms with van der Waals surface area (Å²) in [6, 6.07) is 7.49. The maximum absolute atomic E-state index is 14.9. The fourth-order valence-electron chi connectivity index (χ4n) is 4.13. The van der Waals surface area contributed by atoms with Crippen LogP contribution in [-0.4, -0.2) is 32.1 Å². The summed E-state index contributed by atoms with van der Waals surface area (Å²) in [6.45, 7) is 3.34. The monoisotopic (exact) mass is 480 g/mol. The van der Waals surface area contributed by atoms with E-state index in [1.807, 2.05) is 0 Å². The third kappa shape index (κ3) is 3.67. The first kappa shape index (κ1) is 22.5. The zero-order valence-electron chi connectivity index (χ0n) is 18.4. The minimum Gasteiger partial charge on any atom is -0.462 e. The van der Waals surface area contributed by atoms with E-state index in [2.05, 4.69) is 15.0 Å². The number of esters is 1. The molecule has 3 aromatic heterocycles. The molecule has 176 valence electrons. The highest BCUT2D eigenvalue weighted by Gasteiger charge is 2.23. The lowest BCUT2D eigenvalue weighted by Crippen LogP contribution is -2.06. The Kier molecular flexibility index (Phi) is 5.43. The molecule has 0 saturated carbocycles. The predicted molar refractivity (Wildman–Crippen MR) is 120 cm³/mol. The summed E-state index contributed by atoms with van der Waals surface area (Å²) in [5.74, 6) is -4.47. The number of hydrogen-bond acceptors (Lipinski definition) is 5. The molecule has 3 heterocycles. The summed E-state index contributed by atoms with van der Waals surface area (Å²) in [5.41, 5.74) is 0.908. The Hall–Kier alpha value is -4.34. The van der Waals surface area contributed by atoms with Gasteiger partial charge in [-0.1, -0.05) is 0 Å². The number of fused-ring (bicyclic) bond motifs is 2. The van der Waals surface area contributed by atoms with Crippen LogP contribution in [0.3, 0.4) is 0 Å².